The zero-order valence-corrected chi connectivity index (χ0v) is 42.5. The molecule has 8 heterocycles. The molecule has 0 saturated carbocycles. The van der Waals surface area contributed by atoms with E-state index in [9.17, 15) is 28.6 Å². The quantitative estimate of drug-likeness (QED) is 0.0394. The van der Waals surface area contributed by atoms with Gasteiger partial charge in [0.1, 0.15) is 49.2 Å². The molecule has 29 nitrogen and oxygen atoms in total. The fourth-order valence-corrected chi connectivity index (χ4v) is 10.6. The van der Waals surface area contributed by atoms with Crippen molar-refractivity contribution in [3.63, 3.8) is 0 Å². The third kappa shape index (κ3) is 13.6. The first-order valence-corrected chi connectivity index (χ1v) is 27.8. The number of rotatable bonds is 21. The monoisotopic (exact) mass is 1120 g/mol. The van der Waals surface area contributed by atoms with E-state index >= 15 is 8.78 Å². The summed E-state index contributed by atoms with van der Waals surface area (Å²) in [6.45, 7) is -8.26. The Hall–Kier alpha value is -4.83. The lowest BCUT2D eigenvalue weighted by atomic mass is 10.1. The van der Waals surface area contributed by atoms with Crippen LogP contribution in [-0.4, -0.2) is 207 Å². The molecule has 8 rings (SSSR count). The summed E-state index contributed by atoms with van der Waals surface area (Å²) in [6, 6.07) is 0. The predicted molar refractivity (Wildman–Crippen MR) is 254 cm³/mol. The minimum Gasteiger partial charge on any atom is -0.447 e. The van der Waals surface area contributed by atoms with E-state index in [1.807, 2.05) is 0 Å². The number of ether oxygens (including phenoxy) is 7. The van der Waals surface area contributed by atoms with Gasteiger partial charge < -0.3 is 53.2 Å². The molecule has 0 radical (unpaired) electrons. The maximum Gasteiger partial charge on any atom is 0.412 e. The van der Waals surface area contributed by atoms with Crippen LogP contribution in [-0.2, 0) is 82.0 Å². The Kier molecular flexibility index (Phi) is 18.6. The number of halogens is 2. The van der Waals surface area contributed by atoms with Crippen molar-refractivity contribution in [2.24, 2.45) is 0 Å². The first-order valence-electron chi connectivity index (χ1n) is 22.5. The average Bonchev–Trinajstić information content (AvgIpc) is 4.19. The molecule has 0 bridgehead atoms. The summed E-state index contributed by atoms with van der Waals surface area (Å²) in [4.78, 5) is 86.6. The van der Waals surface area contributed by atoms with Crippen LogP contribution in [0.2, 0.25) is 0 Å². The smallest absolute Gasteiger partial charge is 0.412 e. The number of nitrogens with zero attached hydrogens (tertiary/aromatic N) is 10. The first kappa shape index (κ1) is 55.4. The number of imide groups is 1. The zero-order valence-electron chi connectivity index (χ0n) is 39.0. The fourth-order valence-electron chi connectivity index (χ4n) is 7.70. The minimum absolute atomic E-state index is 0.0215. The molecule has 0 aromatic carbocycles. The van der Waals surface area contributed by atoms with E-state index in [0.717, 1.165) is 28.4 Å². The Labute approximate surface area is 428 Å². The molecule has 2 unspecified atom stereocenters. The number of nitrogen functional groups attached to an aromatic ring is 1. The van der Waals surface area contributed by atoms with Gasteiger partial charge in [0, 0.05) is 19.2 Å². The van der Waals surface area contributed by atoms with Gasteiger partial charge in [-0.1, -0.05) is 12.2 Å². The average molecular weight is 1120 g/mol. The molecule has 10 atom stereocenters. The summed E-state index contributed by atoms with van der Waals surface area (Å²) in [5.74, 6) is -1.10. The molecule has 404 valence electrons. The van der Waals surface area contributed by atoms with E-state index in [4.69, 9.17) is 68.8 Å². The third-order valence-electron chi connectivity index (χ3n) is 11.4. The van der Waals surface area contributed by atoms with Crippen LogP contribution in [0.4, 0.5) is 25.2 Å². The molecule has 3 fully saturated rings. The molecular weight excluding hydrogens is 1070 g/mol. The van der Waals surface area contributed by atoms with Gasteiger partial charge in [-0.15, -0.1) is 0 Å². The molecule has 4 aliphatic heterocycles. The van der Waals surface area contributed by atoms with E-state index in [0.29, 0.717) is 19.8 Å². The van der Waals surface area contributed by atoms with E-state index in [1.54, 1.807) is 0 Å². The van der Waals surface area contributed by atoms with Crippen molar-refractivity contribution in [3.8, 4) is 0 Å². The highest BCUT2D eigenvalue weighted by atomic mass is 32.7. The molecule has 0 aliphatic carbocycles. The predicted octanol–water partition coefficient (Wildman–Crippen LogP) is 1.18. The van der Waals surface area contributed by atoms with Crippen molar-refractivity contribution < 1.29 is 88.7 Å². The molecule has 0 spiro atoms. The number of hydrogen-bond acceptors (Lipinski definition) is 24. The number of carbonyl (C=O) groups is 4. The number of thiol groups is 1. The lowest BCUT2D eigenvalue weighted by molar-refractivity contribution is -0.137. The maximum absolute atomic E-state index is 16.6. The molecule has 4 aliphatic rings. The normalized spacial score (nSPS) is 28.3. The summed E-state index contributed by atoms with van der Waals surface area (Å²) < 4.78 is 110. The number of nitrogens with one attached hydrogen (secondary N) is 1. The molecule has 74 heavy (non-hydrogen) atoms. The van der Waals surface area contributed by atoms with E-state index < -0.39 is 82.0 Å². The highest BCUT2D eigenvalue weighted by molar-refractivity contribution is 8.44. The number of aromatic nitrogens is 8. The molecule has 35 heteroatoms. The van der Waals surface area contributed by atoms with Gasteiger partial charge in [-0.2, -0.15) is 0 Å². The lowest BCUT2D eigenvalue weighted by Crippen LogP contribution is -2.37. The van der Waals surface area contributed by atoms with Crippen molar-refractivity contribution in [1.82, 2.24) is 48.8 Å². The topological polar surface area (TPSA) is 339 Å². The fraction of sp³-hybridized carbons (Fsp3) is 0.590. The second kappa shape index (κ2) is 24.9. The third-order valence-corrected chi connectivity index (χ3v) is 14.6. The standard InChI is InChI=1S/C39H50F2N12O17P2S2/c1-50(24(54)4-7-60-10-12-62-14-15-63-13-11-61-8-6-51-25(55)2-3-26(51)56)5-9-64-39(57)49-34-30-36(46-19-44-34)53(21-48-30)38-28(41)32-23(68-38)17-66-71(58,73)69-31-22(16-65-72(59,74)70-32)67-37(27(31)40)52-20-47-29-33(42)43-18-45-35(29)52/h2-3,18-23,27-28,31-32,37-38H,4-17H2,1H3,(H,58,73)(H,59,74)(H2,42,43,45)(H,44,46,49,57)/t22-,23-,27-,28-,31-,32-,37-,38-,71?,72?/m1/s1. The Morgan fingerprint density at radius 2 is 1.35 bits per heavy atom. The molecule has 4 amide bonds. The van der Waals surface area contributed by atoms with Crippen LogP contribution in [0.3, 0.4) is 0 Å². The summed E-state index contributed by atoms with van der Waals surface area (Å²) >= 11 is 9.27. The van der Waals surface area contributed by atoms with Crippen molar-refractivity contribution in [2.45, 2.75) is 55.6 Å². The molecular formula is C39H50F2N12O17P2S2. The van der Waals surface area contributed by atoms with Crippen LogP contribution in [0, 0.1) is 0 Å². The van der Waals surface area contributed by atoms with Crippen LogP contribution in [0.5, 0.6) is 0 Å². The molecule has 4 N–H and O–H groups in total. The molecule has 4 aromatic heterocycles. The molecule has 3 saturated heterocycles. The van der Waals surface area contributed by atoms with Crippen LogP contribution < -0.4 is 11.1 Å². The van der Waals surface area contributed by atoms with Crippen LogP contribution in [0.15, 0.2) is 37.5 Å². The van der Waals surface area contributed by atoms with Crippen LogP contribution in [0.1, 0.15) is 18.9 Å². The number of fused-ring (bicyclic) bond motifs is 4. The van der Waals surface area contributed by atoms with Crippen LogP contribution in [0.25, 0.3) is 22.3 Å². The Morgan fingerprint density at radius 3 is 1.99 bits per heavy atom. The number of carbonyl (C=O) groups excluding carboxylic acids is 4. The maximum atomic E-state index is 16.6. The second-order valence-corrected chi connectivity index (χ2v) is 21.9. The van der Waals surface area contributed by atoms with Gasteiger partial charge in [-0.3, -0.25) is 47.3 Å². The Morgan fingerprint density at radius 1 is 0.811 bits per heavy atom. The Balaban J connectivity index is 0.756. The number of likely N-dealkylation sites (N-methyl/N-ethyl adjacent to an activating group) is 1. The van der Waals surface area contributed by atoms with Gasteiger partial charge in [-0.05, 0) is 11.8 Å². The number of alkyl halides is 2. The second-order valence-electron chi connectivity index (χ2n) is 16.3. The molecule has 4 aromatic rings. The minimum atomic E-state index is -4.52. The van der Waals surface area contributed by atoms with Crippen molar-refractivity contribution in [1.29, 1.82) is 0 Å². The van der Waals surface area contributed by atoms with E-state index in [1.165, 1.54) is 35.0 Å². The summed E-state index contributed by atoms with van der Waals surface area (Å²) in [5.41, 5.74) is 6.10. The van der Waals surface area contributed by atoms with Crippen molar-refractivity contribution in [3.05, 3.63) is 37.5 Å². The van der Waals surface area contributed by atoms with Gasteiger partial charge in [0.2, 0.25) is 5.91 Å². The summed E-state index contributed by atoms with van der Waals surface area (Å²) in [5, 5.41) is 2.44. The van der Waals surface area contributed by atoms with Crippen LogP contribution >= 0.6 is 25.8 Å². The Bertz CT molecular complexity index is 2770. The number of imidazole rings is 2. The summed E-state index contributed by atoms with van der Waals surface area (Å²) in [6.07, 6.45) is -7.54. The number of amides is 4. The zero-order chi connectivity index (χ0) is 52.6. The number of nitrogens with two attached hydrogens (primary N) is 1. The van der Waals surface area contributed by atoms with E-state index in [-0.39, 0.29) is 111 Å². The van der Waals surface area contributed by atoms with Gasteiger partial charge in [0.25, 0.3) is 11.8 Å². The number of hydrogen-bond donors (Lipinski definition) is 4. The largest absolute Gasteiger partial charge is 0.447 e. The van der Waals surface area contributed by atoms with E-state index in [2.05, 4.69) is 47.5 Å². The van der Waals surface area contributed by atoms with Gasteiger partial charge in [-0.25, -0.2) is 48.0 Å². The van der Waals surface area contributed by atoms with Gasteiger partial charge in [0.15, 0.2) is 53.2 Å². The van der Waals surface area contributed by atoms with Gasteiger partial charge >= 0.3 is 19.6 Å². The van der Waals surface area contributed by atoms with Crippen molar-refractivity contribution in [2.75, 3.05) is 104 Å². The first-order chi connectivity index (χ1) is 35.5. The SMILES string of the molecule is CN(CCOC(=O)Nc1ncnc2c1ncn2[C@@H]1O[C@@H]2COP(O)(=S)O[C@H]3[C@@H](F)[C@H](n4cnc5c(N)ncnc54)O[C@@H]3COP(=O)(S)O[C@H]2[C@H]1F)C(=O)CCOCCOCCOCCOCCN1C(=O)C=CC1=O. The highest BCUT2D eigenvalue weighted by Crippen LogP contribution is 2.58. The van der Waals surface area contributed by atoms with Gasteiger partial charge in [0.05, 0.1) is 98.2 Å². The van der Waals surface area contributed by atoms with Crippen molar-refractivity contribution >= 4 is 95.3 Å². The lowest BCUT2D eigenvalue weighted by Gasteiger charge is -2.29. The highest BCUT2D eigenvalue weighted by Gasteiger charge is 2.54. The summed E-state index contributed by atoms with van der Waals surface area (Å²) in [7, 11) is 1.53. The number of anilines is 2.